The van der Waals surface area contributed by atoms with Gasteiger partial charge in [0.25, 0.3) is 5.88 Å². The normalized spacial score (nSPS) is 14.4. The second-order valence-electron chi connectivity index (χ2n) is 3.38. The molecule has 1 saturated heterocycles. The number of ether oxygens (including phenoxy) is 1. The monoisotopic (exact) mass is 224 g/mol. The molecule has 0 amide bonds. The lowest BCUT2D eigenvalue weighted by molar-refractivity contribution is -0.385. The molecule has 0 unspecified atom stereocenters. The molecular weight excluding hydrogens is 212 g/mol. The summed E-state index contributed by atoms with van der Waals surface area (Å²) in [5.74, 6) is 0.402. The van der Waals surface area contributed by atoms with Crippen LogP contribution in [0.4, 0.5) is 11.5 Å². The van der Waals surface area contributed by atoms with Crippen LogP contribution in [0.15, 0.2) is 6.33 Å². The zero-order chi connectivity index (χ0) is 11.5. The number of hydrogen-bond acceptors (Lipinski definition) is 6. The summed E-state index contributed by atoms with van der Waals surface area (Å²) in [5.41, 5.74) is -0.135. The highest BCUT2D eigenvalue weighted by Gasteiger charge is 2.30. The molecule has 1 aromatic heterocycles. The molecule has 0 atom stereocenters. The number of nitrogens with zero attached hydrogens (tertiary/aromatic N) is 4. The first-order valence-electron chi connectivity index (χ1n) is 5.11. The van der Waals surface area contributed by atoms with E-state index in [1.807, 2.05) is 4.90 Å². The number of nitro groups is 1. The Bertz CT molecular complexity index is 406. The predicted octanol–water partition coefficient (Wildman–Crippen LogP) is 0.994. The van der Waals surface area contributed by atoms with Gasteiger partial charge in [-0.3, -0.25) is 10.1 Å². The first-order valence-corrected chi connectivity index (χ1v) is 5.11. The lowest BCUT2D eigenvalue weighted by atomic mass is 10.2. The topological polar surface area (TPSA) is 81.4 Å². The van der Waals surface area contributed by atoms with Gasteiger partial charge in [0.2, 0.25) is 5.82 Å². The zero-order valence-corrected chi connectivity index (χ0v) is 8.92. The molecule has 1 aliphatic heterocycles. The van der Waals surface area contributed by atoms with Crippen LogP contribution in [0.25, 0.3) is 0 Å². The van der Waals surface area contributed by atoms with Crippen LogP contribution in [0.1, 0.15) is 13.3 Å². The summed E-state index contributed by atoms with van der Waals surface area (Å²) in [6.07, 6.45) is 2.33. The predicted molar refractivity (Wildman–Crippen MR) is 56.7 cm³/mol. The van der Waals surface area contributed by atoms with Gasteiger partial charge in [-0.2, -0.15) is 4.98 Å². The van der Waals surface area contributed by atoms with Crippen molar-refractivity contribution in [2.75, 3.05) is 24.6 Å². The van der Waals surface area contributed by atoms with Crippen molar-refractivity contribution in [1.82, 2.24) is 9.97 Å². The zero-order valence-electron chi connectivity index (χ0n) is 8.92. The Morgan fingerprint density at radius 2 is 2.31 bits per heavy atom. The first-order chi connectivity index (χ1) is 7.74. The highest BCUT2D eigenvalue weighted by atomic mass is 16.6. The fourth-order valence-electron chi connectivity index (χ4n) is 1.52. The SMILES string of the molecule is CCOc1ncnc(N2CCC2)c1[N+](=O)[O-]. The van der Waals surface area contributed by atoms with Crippen molar-refractivity contribution in [3.05, 3.63) is 16.4 Å². The Kier molecular flexibility index (Phi) is 2.84. The molecule has 1 fully saturated rings. The van der Waals surface area contributed by atoms with Crippen molar-refractivity contribution in [2.24, 2.45) is 0 Å². The Hall–Kier alpha value is -1.92. The van der Waals surface area contributed by atoms with Crippen LogP contribution in [0.5, 0.6) is 5.88 Å². The minimum Gasteiger partial charge on any atom is -0.473 e. The molecule has 16 heavy (non-hydrogen) atoms. The molecule has 0 bridgehead atoms. The molecule has 2 rings (SSSR count). The van der Waals surface area contributed by atoms with Crippen molar-refractivity contribution < 1.29 is 9.66 Å². The van der Waals surface area contributed by atoms with Gasteiger partial charge in [-0.05, 0) is 13.3 Å². The van der Waals surface area contributed by atoms with E-state index in [2.05, 4.69) is 9.97 Å². The van der Waals surface area contributed by atoms with E-state index in [9.17, 15) is 10.1 Å². The van der Waals surface area contributed by atoms with Crippen LogP contribution in [0.3, 0.4) is 0 Å². The van der Waals surface area contributed by atoms with Crippen molar-refractivity contribution in [3.63, 3.8) is 0 Å². The lowest BCUT2D eigenvalue weighted by Gasteiger charge is -2.31. The molecular formula is C9H12N4O3. The van der Waals surface area contributed by atoms with Crippen LogP contribution in [-0.4, -0.2) is 34.6 Å². The average molecular weight is 224 g/mol. The van der Waals surface area contributed by atoms with Crippen LogP contribution in [0, 0.1) is 10.1 Å². The van der Waals surface area contributed by atoms with Crippen molar-refractivity contribution in [3.8, 4) is 5.88 Å². The van der Waals surface area contributed by atoms with E-state index in [-0.39, 0.29) is 11.6 Å². The van der Waals surface area contributed by atoms with Gasteiger partial charge in [-0.25, -0.2) is 4.98 Å². The highest BCUT2D eigenvalue weighted by molar-refractivity contribution is 5.63. The van der Waals surface area contributed by atoms with Gasteiger partial charge >= 0.3 is 5.69 Å². The number of anilines is 1. The third kappa shape index (κ3) is 1.75. The van der Waals surface area contributed by atoms with Gasteiger partial charge in [0.1, 0.15) is 6.33 Å². The Morgan fingerprint density at radius 1 is 1.56 bits per heavy atom. The average Bonchev–Trinajstić information content (AvgIpc) is 2.15. The first kappa shape index (κ1) is 10.6. The van der Waals surface area contributed by atoms with Crippen LogP contribution >= 0.6 is 0 Å². The summed E-state index contributed by atoms with van der Waals surface area (Å²) < 4.78 is 5.14. The summed E-state index contributed by atoms with van der Waals surface area (Å²) in [6, 6.07) is 0. The molecule has 2 heterocycles. The Morgan fingerprint density at radius 3 is 2.81 bits per heavy atom. The van der Waals surface area contributed by atoms with Gasteiger partial charge in [0.05, 0.1) is 11.5 Å². The van der Waals surface area contributed by atoms with Gasteiger partial charge in [0, 0.05) is 13.1 Å². The molecule has 86 valence electrons. The maximum Gasteiger partial charge on any atom is 0.372 e. The molecule has 1 aliphatic rings. The molecule has 1 aromatic rings. The Labute approximate surface area is 92.2 Å². The second kappa shape index (κ2) is 4.30. The Balaban J connectivity index is 2.42. The van der Waals surface area contributed by atoms with E-state index >= 15 is 0 Å². The second-order valence-corrected chi connectivity index (χ2v) is 3.38. The summed E-state index contributed by atoms with van der Waals surface area (Å²) in [4.78, 5) is 20.1. The summed E-state index contributed by atoms with van der Waals surface area (Å²) >= 11 is 0. The quantitative estimate of drug-likeness (QED) is 0.560. The molecule has 7 heteroatoms. The van der Waals surface area contributed by atoms with Gasteiger partial charge < -0.3 is 9.64 Å². The van der Waals surface area contributed by atoms with E-state index < -0.39 is 4.92 Å². The maximum absolute atomic E-state index is 11.0. The van der Waals surface area contributed by atoms with E-state index in [1.165, 1.54) is 6.33 Å². The van der Waals surface area contributed by atoms with Crippen LogP contribution in [-0.2, 0) is 0 Å². The van der Waals surface area contributed by atoms with Gasteiger partial charge in [-0.1, -0.05) is 0 Å². The standard InChI is InChI=1S/C9H12N4O3/c1-2-16-9-7(13(14)15)8(10-6-11-9)12-4-3-5-12/h6H,2-5H2,1H3. The van der Waals surface area contributed by atoms with Crippen LogP contribution in [0.2, 0.25) is 0 Å². The number of hydrogen-bond donors (Lipinski definition) is 0. The number of aromatic nitrogens is 2. The third-order valence-electron chi connectivity index (χ3n) is 2.39. The van der Waals surface area contributed by atoms with Gasteiger partial charge in [0.15, 0.2) is 0 Å². The summed E-state index contributed by atoms with van der Waals surface area (Å²) in [5, 5.41) is 11.0. The third-order valence-corrected chi connectivity index (χ3v) is 2.39. The van der Waals surface area contributed by atoms with E-state index in [4.69, 9.17) is 4.74 Å². The lowest BCUT2D eigenvalue weighted by Crippen LogP contribution is -2.38. The molecule has 7 nitrogen and oxygen atoms in total. The van der Waals surface area contributed by atoms with Crippen molar-refractivity contribution in [2.45, 2.75) is 13.3 Å². The molecule has 0 aromatic carbocycles. The molecule has 0 N–H and O–H groups in total. The minimum absolute atomic E-state index is 0.0457. The van der Waals surface area contributed by atoms with Crippen LogP contribution < -0.4 is 9.64 Å². The maximum atomic E-state index is 11.0. The van der Waals surface area contributed by atoms with Gasteiger partial charge in [-0.15, -0.1) is 0 Å². The smallest absolute Gasteiger partial charge is 0.372 e. The minimum atomic E-state index is -0.487. The summed E-state index contributed by atoms with van der Waals surface area (Å²) in [6.45, 7) is 3.69. The largest absolute Gasteiger partial charge is 0.473 e. The van der Waals surface area contributed by atoms with Crippen molar-refractivity contribution in [1.29, 1.82) is 0 Å². The highest BCUT2D eigenvalue weighted by Crippen LogP contribution is 2.35. The molecule has 0 spiro atoms. The fourth-order valence-corrected chi connectivity index (χ4v) is 1.52. The van der Waals surface area contributed by atoms with E-state index in [0.717, 1.165) is 19.5 Å². The molecule has 0 saturated carbocycles. The summed E-state index contributed by atoms with van der Waals surface area (Å²) in [7, 11) is 0. The molecule has 0 aliphatic carbocycles. The van der Waals surface area contributed by atoms with E-state index in [0.29, 0.717) is 12.4 Å². The molecule has 0 radical (unpaired) electrons. The number of rotatable bonds is 4. The fraction of sp³-hybridized carbons (Fsp3) is 0.556. The van der Waals surface area contributed by atoms with Crippen molar-refractivity contribution >= 4 is 11.5 Å². The van der Waals surface area contributed by atoms with E-state index in [1.54, 1.807) is 6.92 Å².